The largest absolute Gasteiger partial charge is 0.485 e. The van der Waals surface area contributed by atoms with Gasteiger partial charge in [-0.05, 0) is 35.7 Å². The zero-order valence-electron chi connectivity index (χ0n) is 17.2. The van der Waals surface area contributed by atoms with Gasteiger partial charge in [-0.15, -0.1) is 21.5 Å². The number of carbonyl (C=O) groups excluding carboxylic acids is 2. The number of aromatic nitrogens is 3. The van der Waals surface area contributed by atoms with Gasteiger partial charge in [0.05, 0.1) is 10.6 Å². The second-order valence-electron chi connectivity index (χ2n) is 7.02. The molecule has 5 rings (SSSR count). The number of hydrogen-bond acceptors (Lipinski definition) is 8. The predicted octanol–water partition coefficient (Wildman–Crippen LogP) is 3.57. The fourth-order valence-electron chi connectivity index (χ4n) is 3.27. The number of fused-ring (bicyclic) bond motifs is 1. The van der Waals surface area contributed by atoms with Crippen LogP contribution in [-0.4, -0.2) is 45.0 Å². The molecule has 33 heavy (non-hydrogen) atoms. The topological polar surface area (TPSA) is 95.3 Å². The predicted molar refractivity (Wildman–Crippen MR) is 125 cm³/mol. The summed E-state index contributed by atoms with van der Waals surface area (Å²) in [7, 11) is 0. The monoisotopic (exact) mass is 478 g/mol. The number of nitrogens with zero attached hydrogens (tertiary/aromatic N) is 3. The smallest absolute Gasteiger partial charge is 0.271 e. The Morgan fingerprint density at radius 1 is 1.03 bits per heavy atom. The summed E-state index contributed by atoms with van der Waals surface area (Å²) in [5.74, 6) is 0.743. The lowest BCUT2D eigenvalue weighted by molar-refractivity contribution is -0.135. The molecule has 4 aromatic rings. The molecule has 1 N–H and O–H groups in total. The molecular weight excluding hydrogens is 460 g/mol. The highest BCUT2D eigenvalue weighted by Crippen LogP contribution is 2.31. The Kier molecular flexibility index (Phi) is 6.09. The van der Waals surface area contributed by atoms with Crippen molar-refractivity contribution >= 4 is 34.9 Å². The Bertz CT molecular complexity index is 1270. The number of rotatable bonds is 6. The van der Waals surface area contributed by atoms with Crippen LogP contribution in [0.3, 0.4) is 0 Å². The molecule has 2 aromatic carbocycles. The summed E-state index contributed by atoms with van der Waals surface area (Å²) >= 11 is 2.76. The number of hydrogen-bond donors (Lipinski definition) is 1. The lowest BCUT2D eigenvalue weighted by Crippen LogP contribution is -2.46. The lowest BCUT2D eigenvalue weighted by atomic mass is 10.2. The zero-order valence-corrected chi connectivity index (χ0v) is 18.8. The van der Waals surface area contributed by atoms with Gasteiger partial charge in [-0.25, -0.2) is 0 Å². The van der Waals surface area contributed by atoms with Crippen LogP contribution in [0.4, 0.5) is 0 Å². The maximum Gasteiger partial charge on any atom is 0.271 e. The minimum Gasteiger partial charge on any atom is -0.485 e. The van der Waals surface area contributed by atoms with Gasteiger partial charge in [0, 0.05) is 5.69 Å². The Morgan fingerprint density at radius 3 is 2.61 bits per heavy atom. The molecule has 8 nitrogen and oxygen atoms in total. The molecule has 166 valence electrons. The van der Waals surface area contributed by atoms with Crippen LogP contribution in [0.5, 0.6) is 11.5 Å². The van der Waals surface area contributed by atoms with Crippen molar-refractivity contribution in [1.82, 2.24) is 20.1 Å². The van der Waals surface area contributed by atoms with Crippen molar-refractivity contribution in [3.8, 4) is 27.9 Å². The molecule has 0 radical (unpaired) electrons. The highest BCUT2D eigenvalue weighted by atomic mass is 32.2. The van der Waals surface area contributed by atoms with Crippen molar-refractivity contribution in [2.45, 2.75) is 11.3 Å². The van der Waals surface area contributed by atoms with Crippen LogP contribution in [0.15, 0.2) is 77.3 Å². The van der Waals surface area contributed by atoms with E-state index in [1.54, 1.807) is 29.5 Å². The van der Waals surface area contributed by atoms with E-state index in [1.807, 2.05) is 58.5 Å². The first kappa shape index (κ1) is 21.2. The average Bonchev–Trinajstić information content (AvgIpc) is 3.53. The Hall–Kier alpha value is -3.63. The highest BCUT2D eigenvalue weighted by Gasteiger charge is 2.28. The number of para-hydroxylation sites is 3. The van der Waals surface area contributed by atoms with E-state index >= 15 is 0 Å². The first-order valence-corrected chi connectivity index (χ1v) is 12.0. The molecule has 0 aliphatic carbocycles. The number of thioether (sulfide) groups is 1. The molecule has 0 saturated heterocycles. The SMILES string of the molecule is O=C(CSc1nnc(-c2cccs2)n1-c1ccccc1)NC(=O)[C@H]1COc2ccccc2O1. The van der Waals surface area contributed by atoms with Crippen molar-refractivity contribution in [2.75, 3.05) is 12.4 Å². The van der Waals surface area contributed by atoms with Crippen molar-refractivity contribution in [1.29, 1.82) is 0 Å². The summed E-state index contributed by atoms with van der Waals surface area (Å²) in [6.07, 6.45) is -0.896. The summed E-state index contributed by atoms with van der Waals surface area (Å²) in [4.78, 5) is 26.0. The zero-order chi connectivity index (χ0) is 22.6. The molecular formula is C23H18N4O4S2. The molecule has 0 bridgehead atoms. The molecule has 0 saturated carbocycles. The third-order valence-corrected chi connectivity index (χ3v) is 6.58. The summed E-state index contributed by atoms with van der Waals surface area (Å²) in [6, 6.07) is 20.7. The first-order chi connectivity index (χ1) is 16.2. The lowest BCUT2D eigenvalue weighted by Gasteiger charge is -2.25. The maximum absolute atomic E-state index is 12.5. The van der Waals surface area contributed by atoms with E-state index in [0.29, 0.717) is 22.5 Å². The summed E-state index contributed by atoms with van der Waals surface area (Å²) in [5.41, 5.74) is 0.885. The van der Waals surface area contributed by atoms with Crippen LogP contribution in [0.25, 0.3) is 16.4 Å². The van der Waals surface area contributed by atoms with Crippen molar-refractivity contribution in [3.63, 3.8) is 0 Å². The van der Waals surface area contributed by atoms with Crippen molar-refractivity contribution in [2.24, 2.45) is 0 Å². The van der Waals surface area contributed by atoms with Crippen molar-refractivity contribution in [3.05, 3.63) is 72.1 Å². The number of nitrogens with one attached hydrogen (secondary N) is 1. The molecule has 1 aliphatic heterocycles. The first-order valence-electron chi connectivity index (χ1n) is 10.1. The van der Waals surface area contributed by atoms with Gasteiger partial charge >= 0.3 is 0 Å². The van der Waals surface area contributed by atoms with Gasteiger partial charge in [-0.1, -0.05) is 48.2 Å². The van der Waals surface area contributed by atoms with E-state index in [2.05, 4.69) is 15.5 Å². The van der Waals surface area contributed by atoms with Gasteiger partial charge in [0.2, 0.25) is 12.0 Å². The normalized spacial score (nSPS) is 14.6. The number of imide groups is 1. The summed E-state index contributed by atoms with van der Waals surface area (Å²) in [6.45, 7) is 0.0375. The van der Waals surface area contributed by atoms with Crippen molar-refractivity contribution < 1.29 is 19.1 Å². The van der Waals surface area contributed by atoms with Crippen LogP contribution in [0.1, 0.15) is 0 Å². The number of benzene rings is 2. The Balaban J connectivity index is 1.26. The minimum atomic E-state index is -0.896. The van der Waals surface area contributed by atoms with E-state index in [-0.39, 0.29) is 12.4 Å². The van der Waals surface area contributed by atoms with Gasteiger partial charge in [0.25, 0.3) is 5.91 Å². The molecule has 0 fully saturated rings. The minimum absolute atomic E-state index is 0.00862. The molecule has 3 heterocycles. The third kappa shape index (κ3) is 4.62. The number of thiophene rings is 1. The van der Waals surface area contributed by atoms with Gasteiger partial charge in [0.15, 0.2) is 22.5 Å². The molecule has 2 aromatic heterocycles. The van der Waals surface area contributed by atoms with Gasteiger partial charge in [-0.3, -0.25) is 19.5 Å². The molecule has 0 unspecified atom stereocenters. The molecule has 0 spiro atoms. The fourth-order valence-corrected chi connectivity index (χ4v) is 4.72. The number of ether oxygens (including phenoxy) is 2. The standard InChI is InChI=1S/C23H18N4O4S2/c28-20(24-22(29)18-13-30-16-9-4-5-10-17(16)31-18)14-33-23-26-25-21(19-11-6-12-32-19)27(23)15-7-2-1-3-8-15/h1-12,18H,13-14H2,(H,24,28,29)/t18-/m1/s1. The van der Waals surface area contributed by atoms with Crippen LogP contribution in [0, 0.1) is 0 Å². The highest BCUT2D eigenvalue weighted by molar-refractivity contribution is 7.99. The van der Waals surface area contributed by atoms with Gasteiger partial charge in [-0.2, -0.15) is 0 Å². The van der Waals surface area contributed by atoms with E-state index in [0.717, 1.165) is 10.6 Å². The number of carbonyl (C=O) groups is 2. The molecule has 1 atom stereocenters. The van der Waals surface area contributed by atoms with Gasteiger partial charge < -0.3 is 9.47 Å². The van der Waals surface area contributed by atoms with Crippen LogP contribution < -0.4 is 14.8 Å². The summed E-state index contributed by atoms with van der Waals surface area (Å²) in [5, 5.41) is 13.5. The van der Waals surface area contributed by atoms with Crippen LogP contribution in [-0.2, 0) is 9.59 Å². The number of amides is 2. The fraction of sp³-hybridized carbons (Fsp3) is 0.130. The second kappa shape index (κ2) is 9.47. The van der Waals surface area contributed by atoms with E-state index < -0.39 is 17.9 Å². The third-order valence-electron chi connectivity index (χ3n) is 4.79. The quantitative estimate of drug-likeness (QED) is 0.423. The van der Waals surface area contributed by atoms with E-state index in [4.69, 9.17) is 9.47 Å². The molecule has 2 amide bonds. The van der Waals surface area contributed by atoms with E-state index in [9.17, 15) is 9.59 Å². The molecule has 10 heteroatoms. The Morgan fingerprint density at radius 2 is 1.82 bits per heavy atom. The second-order valence-corrected chi connectivity index (χ2v) is 8.91. The van der Waals surface area contributed by atoms with Gasteiger partial charge in [0.1, 0.15) is 6.61 Å². The van der Waals surface area contributed by atoms with Crippen LogP contribution >= 0.6 is 23.1 Å². The average molecular weight is 479 g/mol. The summed E-state index contributed by atoms with van der Waals surface area (Å²) < 4.78 is 13.1. The maximum atomic E-state index is 12.5. The van der Waals surface area contributed by atoms with E-state index in [1.165, 1.54) is 11.8 Å². The Labute approximate surface area is 197 Å². The van der Waals surface area contributed by atoms with Crippen LogP contribution in [0.2, 0.25) is 0 Å². The molecule has 1 aliphatic rings.